The summed E-state index contributed by atoms with van der Waals surface area (Å²) in [6, 6.07) is 13.7. The van der Waals surface area contributed by atoms with E-state index in [0.717, 1.165) is 31.8 Å². The minimum absolute atomic E-state index is 0.477. The van der Waals surface area contributed by atoms with Crippen LogP contribution in [-0.4, -0.2) is 61.1 Å². The van der Waals surface area contributed by atoms with Crippen LogP contribution in [0.15, 0.2) is 58.5 Å². The number of nitrogens with zero attached hydrogens (tertiary/aromatic N) is 1. The fourth-order valence-electron chi connectivity index (χ4n) is 3.99. The van der Waals surface area contributed by atoms with Crippen LogP contribution in [0.2, 0.25) is 0 Å². The Morgan fingerprint density at radius 3 is 2.31 bits per heavy atom. The number of aromatic nitrogens is 1. The van der Waals surface area contributed by atoms with Crippen molar-refractivity contribution in [2.75, 3.05) is 6.61 Å². The van der Waals surface area contributed by atoms with Crippen molar-refractivity contribution in [3.63, 3.8) is 0 Å². The molecule has 0 saturated carbocycles. The van der Waals surface area contributed by atoms with Crippen LogP contribution < -0.4 is 0 Å². The summed E-state index contributed by atoms with van der Waals surface area (Å²) >= 11 is 1.54. The number of hydrogen-bond donors (Lipinski definition) is 5. The summed E-state index contributed by atoms with van der Waals surface area (Å²) in [5, 5.41) is 51.7. The van der Waals surface area contributed by atoms with Crippen molar-refractivity contribution in [3.05, 3.63) is 59.8 Å². The molecular weight excluding hydrogens is 430 g/mol. The molecule has 3 aromatic rings. The highest BCUT2D eigenvalue weighted by Crippen LogP contribution is 2.39. The smallest absolute Gasteiger partial charge is 0.163 e. The predicted molar refractivity (Wildman–Crippen MR) is 122 cm³/mol. The van der Waals surface area contributed by atoms with Gasteiger partial charge in [-0.3, -0.25) is 0 Å². The van der Waals surface area contributed by atoms with E-state index in [4.69, 9.17) is 4.74 Å². The molecule has 1 fully saturated rings. The second-order valence-electron chi connectivity index (χ2n) is 8.83. The third kappa shape index (κ3) is 4.32. The second-order valence-corrected chi connectivity index (χ2v) is 9.94. The van der Waals surface area contributed by atoms with E-state index in [1.54, 1.807) is 18.4 Å². The number of aliphatic hydroxyl groups excluding tert-OH is 4. The first kappa shape index (κ1) is 23.3. The van der Waals surface area contributed by atoms with Crippen LogP contribution in [0, 0.1) is 6.92 Å². The minimum atomic E-state index is -1.45. The monoisotopic (exact) mass is 459 g/mol. The van der Waals surface area contributed by atoms with Gasteiger partial charge in [0.2, 0.25) is 0 Å². The molecule has 1 aromatic heterocycles. The zero-order valence-electron chi connectivity index (χ0n) is 18.2. The van der Waals surface area contributed by atoms with E-state index in [1.807, 2.05) is 55.6 Å². The molecule has 8 heteroatoms. The van der Waals surface area contributed by atoms with Gasteiger partial charge in [0.25, 0.3) is 0 Å². The van der Waals surface area contributed by atoms with Crippen molar-refractivity contribution >= 4 is 22.7 Å². The standard InChI is InChI=1S/C24H29NO6S/c1-13-4-9-16-17(10-13)25(23-22(29)21(28)20(27)18(12-26)31-23)11-19(16)32-15-7-5-14(6-8-15)24(2,3)30/h4-11,18,20-23,26-30H,12H2,1-3H3/t18-,20-,21+,22-,23-/m1/s1. The minimum Gasteiger partial charge on any atom is -0.394 e. The van der Waals surface area contributed by atoms with Gasteiger partial charge >= 0.3 is 0 Å². The van der Waals surface area contributed by atoms with Crippen molar-refractivity contribution in [1.82, 2.24) is 4.57 Å². The van der Waals surface area contributed by atoms with Crippen LogP contribution in [0.5, 0.6) is 0 Å². The highest BCUT2D eigenvalue weighted by atomic mass is 32.2. The highest BCUT2D eigenvalue weighted by molar-refractivity contribution is 7.99. The SMILES string of the molecule is Cc1ccc2c(Sc3ccc(C(C)(C)O)cc3)cn([C@@H]3O[C@H](CO)[C@@H](O)[C@H](O)[C@H]3O)c2c1. The van der Waals surface area contributed by atoms with Crippen molar-refractivity contribution < 1.29 is 30.3 Å². The Balaban J connectivity index is 1.73. The van der Waals surface area contributed by atoms with E-state index in [1.165, 1.54) is 11.8 Å². The molecular formula is C24H29NO6S. The molecule has 0 aliphatic carbocycles. The topological polar surface area (TPSA) is 115 Å². The van der Waals surface area contributed by atoms with Crippen molar-refractivity contribution in [2.45, 2.75) is 66.8 Å². The number of benzene rings is 2. The van der Waals surface area contributed by atoms with Gasteiger partial charge in [0, 0.05) is 21.4 Å². The number of hydrogen-bond acceptors (Lipinski definition) is 7. The van der Waals surface area contributed by atoms with Crippen LogP contribution in [0.3, 0.4) is 0 Å². The molecule has 7 nitrogen and oxygen atoms in total. The van der Waals surface area contributed by atoms with E-state index in [9.17, 15) is 25.5 Å². The van der Waals surface area contributed by atoms with E-state index in [2.05, 4.69) is 0 Å². The zero-order chi connectivity index (χ0) is 23.2. The summed E-state index contributed by atoms with van der Waals surface area (Å²) in [5.41, 5.74) is 1.73. The number of fused-ring (bicyclic) bond motifs is 1. The Morgan fingerprint density at radius 2 is 1.69 bits per heavy atom. The summed E-state index contributed by atoms with van der Waals surface area (Å²) in [6.45, 7) is 4.97. The maximum atomic E-state index is 10.6. The Morgan fingerprint density at radius 1 is 1.00 bits per heavy atom. The fourth-order valence-corrected chi connectivity index (χ4v) is 4.97. The first-order valence-electron chi connectivity index (χ1n) is 10.5. The Labute approximate surface area is 190 Å². The molecule has 4 rings (SSSR count). The summed E-state index contributed by atoms with van der Waals surface area (Å²) in [4.78, 5) is 1.90. The molecule has 1 saturated heterocycles. The first-order chi connectivity index (χ1) is 15.1. The highest BCUT2D eigenvalue weighted by Gasteiger charge is 2.44. The zero-order valence-corrected chi connectivity index (χ0v) is 19.0. The first-order valence-corrected chi connectivity index (χ1v) is 11.3. The molecule has 5 atom stereocenters. The van der Waals surface area contributed by atoms with Gasteiger partial charge in [-0.2, -0.15) is 0 Å². The van der Waals surface area contributed by atoms with Gasteiger partial charge in [0.1, 0.15) is 24.4 Å². The summed E-state index contributed by atoms with van der Waals surface area (Å²) in [7, 11) is 0. The maximum Gasteiger partial charge on any atom is 0.163 e. The molecule has 5 N–H and O–H groups in total. The quantitative estimate of drug-likeness (QED) is 0.398. The van der Waals surface area contributed by atoms with Crippen molar-refractivity contribution in [2.24, 2.45) is 0 Å². The summed E-state index contributed by atoms with van der Waals surface area (Å²) in [6.07, 6.45) is -4.32. The maximum absolute atomic E-state index is 10.6. The number of rotatable bonds is 5. The lowest BCUT2D eigenvalue weighted by atomic mass is 9.98. The molecule has 0 bridgehead atoms. The van der Waals surface area contributed by atoms with Gasteiger partial charge in [-0.25, -0.2) is 0 Å². The van der Waals surface area contributed by atoms with Crippen LogP contribution >= 0.6 is 11.8 Å². The molecule has 1 aliphatic rings. The van der Waals surface area contributed by atoms with E-state index >= 15 is 0 Å². The van der Waals surface area contributed by atoms with E-state index in [0.29, 0.717) is 0 Å². The predicted octanol–water partition coefficient (Wildman–Crippen LogP) is 2.30. The lowest BCUT2D eigenvalue weighted by molar-refractivity contribution is -0.250. The Bertz CT molecular complexity index is 1090. The van der Waals surface area contributed by atoms with Crippen LogP contribution in [0.1, 0.15) is 31.2 Å². The van der Waals surface area contributed by atoms with E-state index in [-0.39, 0.29) is 0 Å². The molecule has 2 heterocycles. The number of aryl methyl sites for hydroxylation is 1. The van der Waals surface area contributed by atoms with Crippen LogP contribution in [0.25, 0.3) is 10.9 Å². The van der Waals surface area contributed by atoms with Gasteiger partial charge in [-0.05, 0) is 50.1 Å². The van der Waals surface area contributed by atoms with E-state index < -0.39 is 42.9 Å². The van der Waals surface area contributed by atoms with Crippen LogP contribution in [-0.2, 0) is 10.3 Å². The fraction of sp³-hybridized carbons (Fsp3) is 0.417. The van der Waals surface area contributed by atoms with Gasteiger partial charge in [-0.15, -0.1) is 0 Å². The molecule has 0 spiro atoms. The summed E-state index contributed by atoms with van der Waals surface area (Å²) in [5.74, 6) is 0. The average molecular weight is 460 g/mol. The van der Waals surface area contributed by atoms with Crippen molar-refractivity contribution in [1.29, 1.82) is 0 Å². The summed E-state index contributed by atoms with van der Waals surface area (Å²) < 4.78 is 7.55. The Hall–Kier alpha value is -1.91. The largest absolute Gasteiger partial charge is 0.394 e. The molecule has 0 unspecified atom stereocenters. The van der Waals surface area contributed by atoms with Gasteiger partial charge in [0.15, 0.2) is 6.23 Å². The number of aliphatic hydroxyl groups is 5. The molecule has 32 heavy (non-hydrogen) atoms. The molecule has 0 amide bonds. The lowest BCUT2D eigenvalue weighted by Crippen LogP contribution is -2.56. The lowest BCUT2D eigenvalue weighted by Gasteiger charge is -2.40. The molecule has 0 radical (unpaired) electrons. The number of ether oxygens (including phenoxy) is 1. The van der Waals surface area contributed by atoms with Crippen LogP contribution in [0.4, 0.5) is 0 Å². The van der Waals surface area contributed by atoms with Gasteiger partial charge in [0.05, 0.1) is 17.7 Å². The van der Waals surface area contributed by atoms with Gasteiger partial charge < -0.3 is 34.8 Å². The molecule has 1 aliphatic heterocycles. The van der Waals surface area contributed by atoms with Gasteiger partial charge in [-0.1, -0.05) is 36.0 Å². The normalized spacial score (nSPS) is 26.6. The second kappa shape index (κ2) is 8.79. The third-order valence-corrected chi connectivity index (χ3v) is 6.94. The average Bonchev–Trinajstić information content (AvgIpc) is 3.09. The Kier molecular flexibility index (Phi) is 6.39. The third-order valence-electron chi connectivity index (χ3n) is 5.88. The van der Waals surface area contributed by atoms with Crippen molar-refractivity contribution in [3.8, 4) is 0 Å². The molecule has 172 valence electrons. The molecule has 2 aromatic carbocycles.